The summed E-state index contributed by atoms with van der Waals surface area (Å²) in [5, 5.41) is 0.906. The molecule has 6 nitrogen and oxygen atoms in total. The molecule has 2 heterocycles. The third-order valence-corrected chi connectivity index (χ3v) is 5.11. The first-order valence-corrected chi connectivity index (χ1v) is 9.31. The molecule has 2 aromatic carbocycles. The number of amides is 1. The molecule has 1 aliphatic heterocycles. The summed E-state index contributed by atoms with van der Waals surface area (Å²) < 4.78 is 10.5. The fraction of sp³-hybridized carbons (Fsp3) is 0.273. The minimum atomic E-state index is -0.367. The number of piperazine rings is 1. The third kappa shape index (κ3) is 3.77. The summed E-state index contributed by atoms with van der Waals surface area (Å²) in [5.74, 6) is 0.721. The maximum atomic E-state index is 12.6. The lowest BCUT2D eigenvalue weighted by atomic mass is 10.1. The second kappa shape index (κ2) is 7.86. The fourth-order valence-electron chi connectivity index (χ4n) is 3.58. The summed E-state index contributed by atoms with van der Waals surface area (Å²) in [5.41, 5.74) is 1.81. The number of nitrogens with zero attached hydrogens (tertiary/aromatic N) is 2. The summed E-state index contributed by atoms with van der Waals surface area (Å²) in [6.07, 6.45) is 0. The van der Waals surface area contributed by atoms with Crippen molar-refractivity contribution in [3.05, 3.63) is 76.1 Å². The zero-order valence-electron chi connectivity index (χ0n) is 15.8. The van der Waals surface area contributed by atoms with Crippen molar-refractivity contribution >= 4 is 16.9 Å². The Morgan fingerprint density at radius 2 is 1.79 bits per heavy atom. The first-order chi connectivity index (χ1) is 13.6. The van der Waals surface area contributed by atoms with Crippen LogP contribution >= 0.6 is 0 Å². The fourth-order valence-corrected chi connectivity index (χ4v) is 3.58. The van der Waals surface area contributed by atoms with E-state index < -0.39 is 0 Å². The zero-order chi connectivity index (χ0) is 19.5. The van der Waals surface area contributed by atoms with Gasteiger partial charge in [-0.2, -0.15) is 0 Å². The Bertz CT molecular complexity index is 1040. The van der Waals surface area contributed by atoms with Gasteiger partial charge in [-0.05, 0) is 29.8 Å². The summed E-state index contributed by atoms with van der Waals surface area (Å²) >= 11 is 0. The van der Waals surface area contributed by atoms with Gasteiger partial charge in [0.15, 0.2) is 0 Å². The maximum absolute atomic E-state index is 12.6. The van der Waals surface area contributed by atoms with Gasteiger partial charge < -0.3 is 14.1 Å². The molecule has 0 N–H and O–H groups in total. The predicted molar refractivity (Wildman–Crippen MR) is 107 cm³/mol. The number of carbonyl (C=O) groups is 1. The van der Waals surface area contributed by atoms with Crippen LogP contribution in [0.5, 0.6) is 5.75 Å². The van der Waals surface area contributed by atoms with Crippen molar-refractivity contribution < 1.29 is 13.9 Å². The smallest absolute Gasteiger partial charge is 0.336 e. The minimum Gasteiger partial charge on any atom is -0.497 e. The number of benzene rings is 2. The molecule has 6 heteroatoms. The number of methoxy groups -OCH3 is 1. The van der Waals surface area contributed by atoms with E-state index in [1.807, 2.05) is 47.4 Å². The summed E-state index contributed by atoms with van der Waals surface area (Å²) in [6, 6.07) is 16.4. The van der Waals surface area contributed by atoms with Crippen LogP contribution in [0.1, 0.15) is 15.9 Å². The van der Waals surface area contributed by atoms with E-state index in [-0.39, 0.29) is 11.5 Å². The average Bonchev–Trinajstić information content (AvgIpc) is 2.74. The predicted octanol–water partition coefficient (Wildman–Crippen LogP) is 2.76. The van der Waals surface area contributed by atoms with Crippen LogP contribution in [-0.4, -0.2) is 49.0 Å². The summed E-state index contributed by atoms with van der Waals surface area (Å²) in [4.78, 5) is 28.7. The lowest BCUT2D eigenvalue weighted by Crippen LogP contribution is -2.48. The lowest BCUT2D eigenvalue weighted by molar-refractivity contribution is 0.0629. The molecule has 1 aliphatic rings. The van der Waals surface area contributed by atoms with Gasteiger partial charge in [0.05, 0.1) is 7.11 Å². The molecule has 1 fully saturated rings. The molecule has 0 aliphatic carbocycles. The molecule has 1 amide bonds. The molecule has 144 valence electrons. The van der Waals surface area contributed by atoms with Crippen LogP contribution in [0.4, 0.5) is 0 Å². The first kappa shape index (κ1) is 18.3. The number of hydrogen-bond acceptors (Lipinski definition) is 5. The van der Waals surface area contributed by atoms with Gasteiger partial charge in [0, 0.05) is 55.8 Å². The van der Waals surface area contributed by atoms with Crippen LogP contribution in [0.2, 0.25) is 0 Å². The highest BCUT2D eigenvalue weighted by atomic mass is 16.5. The topological polar surface area (TPSA) is 63.0 Å². The molecule has 0 atom stereocenters. The van der Waals surface area contributed by atoms with Crippen molar-refractivity contribution in [3.63, 3.8) is 0 Å². The molecule has 28 heavy (non-hydrogen) atoms. The molecule has 1 saturated heterocycles. The Morgan fingerprint density at radius 3 is 2.50 bits per heavy atom. The van der Waals surface area contributed by atoms with Crippen LogP contribution in [0, 0.1) is 0 Å². The average molecular weight is 378 g/mol. The molecule has 0 unspecified atom stereocenters. The Kier molecular flexibility index (Phi) is 5.12. The van der Waals surface area contributed by atoms with Gasteiger partial charge in [0.25, 0.3) is 5.91 Å². The van der Waals surface area contributed by atoms with Crippen LogP contribution in [0.15, 0.2) is 63.8 Å². The molecule has 3 aromatic rings. The van der Waals surface area contributed by atoms with Crippen molar-refractivity contribution in [2.75, 3.05) is 33.3 Å². The summed E-state index contributed by atoms with van der Waals surface area (Å²) in [7, 11) is 1.58. The van der Waals surface area contributed by atoms with Crippen molar-refractivity contribution in [1.29, 1.82) is 0 Å². The van der Waals surface area contributed by atoms with Crippen molar-refractivity contribution in [2.24, 2.45) is 0 Å². The van der Waals surface area contributed by atoms with Gasteiger partial charge in [0.2, 0.25) is 0 Å². The van der Waals surface area contributed by atoms with Crippen LogP contribution < -0.4 is 10.4 Å². The highest BCUT2D eigenvalue weighted by Crippen LogP contribution is 2.24. The Labute approximate surface area is 162 Å². The number of rotatable bonds is 4. The van der Waals surface area contributed by atoms with Gasteiger partial charge in [0.1, 0.15) is 11.3 Å². The number of carbonyl (C=O) groups excluding carboxylic acids is 1. The van der Waals surface area contributed by atoms with Crippen LogP contribution in [-0.2, 0) is 6.54 Å². The summed E-state index contributed by atoms with van der Waals surface area (Å²) in [6.45, 7) is 3.50. The Morgan fingerprint density at radius 1 is 1.04 bits per heavy atom. The quantitative estimate of drug-likeness (QED) is 0.654. The van der Waals surface area contributed by atoms with E-state index in [0.29, 0.717) is 31.0 Å². The van der Waals surface area contributed by atoms with Gasteiger partial charge in [-0.3, -0.25) is 9.69 Å². The molecule has 4 rings (SSSR count). The zero-order valence-corrected chi connectivity index (χ0v) is 15.8. The first-order valence-electron chi connectivity index (χ1n) is 9.31. The molecule has 0 bridgehead atoms. The van der Waals surface area contributed by atoms with Crippen LogP contribution in [0.3, 0.4) is 0 Å². The molecular formula is C22H22N2O4. The molecule has 0 radical (unpaired) electrons. The number of ether oxygens (including phenoxy) is 1. The standard InChI is InChI=1S/C22H22N2O4/c1-27-18-7-8-19-17(13-21(25)28-20(19)14-18)15-23-9-11-24(12-10-23)22(26)16-5-3-2-4-6-16/h2-8,13-14H,9-12,15H2,1H3. The molecule has 1 aromatic heterocycles. The van der Waals surface area contributed by atoms with Crippen molar-refractivity contribution in [2.45, 2.75) is 6.54 Å². The van der Waals surface area contributed by atoms with Crippen molar-refractivity contribution in [1.82, 2.24) is 9.80 Å². The highest BCUT2D eigenvalue weighted by Gasteiger charge is 2.22. The van der Waals surface area contributed by atoms with Gasteiger partial charge in [-0.25, -0.2) is 4.79 Å². The van der Waals surface area contributed by atoms with Crippen molar-refractivity contribution in [3.8, 4) is 5.75 Å². The van der Waals surface area contributed by atoms with E-state index in [1.165, 1.54) is 0 Å². The van der Waals surface area contributed by atoms with E-state index in [1.54, 1.807) is 19.2 Å². The third-order valence-electron chi connectivity index (χ3n) is 5.11. The van der Waals surface area contributed by atoms with E-state index in [0.717, 1.165) is 29.6 Å². The number of hydrogen-bond donors (Lipinski definition) is 0. The monoisotopic (exact) mass is 378 g/mol. The second-order valence-electron chi connectivity index (χ2n) is 6.89. The van der Waals surface area contributed by atoms with Crippen LogP contribution in [0.25, 0.3) is 11.0 Å². The van der Waals surface area contributed by atoms with Gasteiger partial charge in [-0.15, -0.1) is 0 Å². The molecule has 0 saturated carbocycles. The molecule has 0 spiro atoms. The number of fused-ring (bicyclic) bond motifs is 1. The Hall–Kier alpha value is -3.12. The van der Waals surface area contributed by atoms with Gasteiger partial charge >= 0.3 is 5.63 Å². The largest absolute Gasteiger partial charge is 0.497 e. The minimum absolute atomic E-state index is 0.0677. The van der Waals surface area contributed by atoms with Gasteiger partial charge in [-0.1, -0.05) is 18.2 Å². The second-order valence-corrected chi connectivity index (χ2v) is 6.89. The molecular weight excluding hydrogens is 356 g/mol. The lowest BCUT2D eigenvalue weighted by Gasteiger charge is -2.35. The maximum Gasteiger partial charge on any atom is 0.336 e. The Balaban J connectivity index is 1.46. The normalized spacial score (nSPS) is 15.0. The van der Waals surface area contributed by atoms with E-state index in [4.69, 9.17) is 9.15 Å². The van der Waals surface area contributed by atoms with E-state index >= 15 is 0 Å². The van der Waals surface area contributed by atoms with E-state index in [9.17, 15) is 9.59 Å². The van der Waals surface area contributed by atoms with E-state index in [2.05, 4.69) is 4.90 Å². The highest BCUT2D eigenvalue weighted by molar-refractivity contribution is 5.94. The SMILES string of the molecule is COc1ccc2c(CN3CCN(C(=O)c4ccccc4)CC3)cc(=O)oc2c1.